The second kappa shape index (κ2) is 11.5. The lowest BCUT2D eigenvalue weighted by atomic mass is 10.0. The fourth-order valence-electron chi connectivity index (χ4n) is 4.63. The molecule has 0 aliphatic carbocycles. The van der Waals surface area contributed by atoms with Gasteiger partial charge in [0.15, 0.2) is 0 Å². The molecule has 0 spiro atoms. The van der Waals surface area contributed by atoms with Crippen LogP contribution in [0.3, 0.4) is 0 Å². The van der Waals surface area contributed by atoms with Crippen molar-refractivity contribution in [1.29, 1.82) is 0 Å². The number of benzene rings is 1. The molecule has 0 saturated carbocycles. The third-order valence-corrected chi connectivity index (χ3v) is 7.45. The molecule has 6 nitrogen and oxygen atoms in total. The molecule has 0 radical (unpaired) electrons. The molecule has 4 rings (SSSR count). The van der Waals surface area contributed by atoms with Crippen LogP contribution in [0.4, 0.5) is 0 Å². The van der Waals surface area contributed by atoms with E-state index < -0.39 is 6.04 Å². The second-order valence-corrected chi connectivity index (χ2v) is 9.89. The largest absolute Gasteiger partial charge is 0.361 e. The normalized spacial score (nSPS) is 17.7. The molecule has 2 amide bonds. The lowest BCUT2D eigenvalue weighted by molar-refractivity contribution is -0.122. The molecule has 3 heterocycles. The molecular weight excluding hydrogens is 432 g/mol. The third-order valence-electron chi connectivity index (χ3n) is 6.58. The summed E-state index contributed by atoms with van der Waals surface area (Å²) >= 11 is 1.38. The van der Waals surface area contributed by atoms with E-state index in [0.717, 1.165) is 35.9 Å². The maximum absolute atomic E-state index is 13.1. The summed E-state index contributed by atoms with van der Waals surface area (Å²) in [6.45, 7) is 5.22. The van der Waals surface area contributed by atoms with Gasteiger partial charge in [0.05, 0.1) is 4.88 Å². The third kappa shape index (κ3) is 6.24. The van der Waals surface area contributed by atoms with Crippen molar-refractivity contribution >= 4 is 34.1 Å². The molecule has 1 aliphatic heterocycles. The maximum atomic E-state index is 13.1. The number of hydrogen-bond donors (Lipinski definition) is 3. The van der Waals surface area contributed by atoms with Crippen molar-refractivity contribution in [1.82, 2.24) is 20.5 Å². The highest BCUT2D eigenvalue weighted by Crippen LogP contribution is 2.20. The zero-order chi connectivity index (χ0) is 23.0. The van der Waals surface area contributed by atoms with Crippen LogP contribution in [0.2, 0.25) is 0 Å². The number of fused-ring (bicyclic) bond motifs is 1. The molecule has 1 saturated heterocycles. The second-order valence-electron chi connectivity index (χ2n) is 8.95. The van der Waals surface area contributed by atoms with E-state index in [2.05, 4.69) is 27.4 Å². The number of carbonyl (C=O) groups excluding carboxylic acids is 2. The summed E-state index contributed by atoms with van der Waals surface area (Å²) in [6.07, 6.45) is 8.30. The Balaban J connectivity index is 1.34. The Bertz CT molecular complexity index is 1050. The smallest absolute Gasteiger partial charge is 0.262 e. The lowest BCUT2D eigenvalue weighted by Crippen LogP contribution is -2.48. The average Bonchev–Trinajstić information content (AvgIpc) is 3.50. The number of nitrogens with one attached hydrogen (secondary N) is 3. The molecule has 3 N–H and O–H groups in total. The minimum atomic E-state index is -0.624. The van der Waals surface area contributed by atoms with E-state index in [1.165, 1.54) is 37.1 Å². The van der Waals surface area contributed by atoms with E-state index in [1.807, 2.05) is 41.9 Å². The quantitative estimate of drug-likeness (QED) is 0.389. The summed E-state index contributed by atoms with van der Waals surface area (Å²) in [5, 5.41) is 8.97. The van der Waals surface area contributed by atoms with Gasteiger partial charge in [-0.1, -0.05) is 30.7 Å². The van der Waals surface area contributed by atoms with Gasteiger partial charge in [-0.3, -0.25) is 9.59 Å². The standard InChI is InChI=1S/C26H34N4O2S/c1-19-9-4-6-14-30(19)15-7-5-13-27-25(31)23(29-26(32)24-12-8-16-33-24)17-20-18-28-22-11-3-2-10-21(20)22/h2-3,8,10-12,16,18-19,23,28H,4-7,9,13-15,17H2,1H3,(H,27,31)(H,29,32). The number of para-hydroxylation sites is 1. The number of aromatic amines is 1. The molecule has 2 atom stereocenters. The lowest BCUT2D eigenvalue weighted by Gasteiger charge is -2.33. The van der Waals surface area contributed by atoms with Crippen LogP contribution in [0.15, 0.2) is 48.0 Å². The first kappa shape index (κ1) is 23.5. The van der Waals surface area contributed by atoms with Crippen LogP contribution in [-0.2, 0) is 11.2 Å². The van der Waals surface area contributed by atoms with Crippen LogP contribution in [0.5, 0.6) is 0 Å². The van der Waals surface area contributed by atoms with E-state index in [4.69, 9.17) is 0 Å². The van der Waals surface area contributed by atoms with Gasteiger partial charge in [0.2, 0.25) is 5.91 Å². The summed E-state index contributed by atoms with van der Waals surface area (Å²) in [5.41, 5.74) is 2.06. The first-order valence-corrected chi connectivity index (χ1v) is 12.9. The summed E-state index contributed by atoms with van der Waals surface area (Å²) in [4.78, 5) is 32.2. The number of hydrogen-bond acceptors (Lipinski definition) is 4. The summed E-state index contributed by atoms with van der Waals surface area (Å²) in [6, 6.07) is 11.7. The zero-order valence-electron chi connectivity index (χ0n) is 19.3. The van der Waals surface area contributed by atoms with Crippen molar-refractivity contribution in [2.24, 2.45) is 0 Å². The topological polar surface area (TPSA) is 77.2 Å². The zero-order valence-corrected chi connectivity index (χ0v) is 20.1. The Morgan fingerprint density at radius 3 is 2.88 bits per heavy atom. The highest BCUT2D eigenvalue weighted by molar-refractivity contribution is 7.12. The van der Waals surface area contributed by atoms with Crippen LogP contribution >= 0.6 is 11.3 Å². The van der Waals surface area contributed by atoms with Gasteiger partial charge < -0.3 is 20.5 Å². The van der Waals surface area contributed by atoms with Crippen LogP contribution in [-0.4, -0.2) is 53.4 Å². The summed E-state index contributed by atoms with van der Waals surface area (Å²) in [5.74, 6) is -0.333. The Labute approximate surface area is 199 Å². The Morgan fingerprint density at radius 2 is 2.06 bits per heavy atom. The molecule has 7 heteroatoms. The SMILES string of the molecule is CC1CCCCN1CCCCNC(=O)C(Cc1c[nH]c2ccccc12)NC(=O)c1cccs1. The molecule has 33 heavy (non-hydrogen) atoms. The van der Waals surface area contributed by atoms with Crippen LogP contribution in [0, 0.1) is 0 Å². The van der Waals surface area contributed by atoms with Crippen molar-refractivity contribution in [3.8, 4) is 0 Å². The first-order valence-electron chi connectivity index (χ1n) is 12.0. The van der Waals surface area contributed by atoms with Gasteiger partial charge >= 0.3 is 0 Å². The molecule has 1 fully saturated rings. The molecule has 2 unspecified atom stereocenters. The van der Waals surface area contributed by atoms with Gasteiger partial charge in [-0.2, -0.15) is 0 Å². The van der Waals surface area contributed by atoms with Crippen molar-refractivity contribution < 1.29 is 9.59 Å². The molecule has 3 aromatic rings. The van der Waals surface area contributed by atoms with Gasteiger partial charge in [0.1, 0.15) is 6.04 Å². The first-order chi connectivity index (χ1) is 16.1. The van der Waals surface area contributed by atoms with Gasteiger partial charge in [0, 0.05) is 36.1 Å². The predicted molar refractivity (Wildman–Crippen MR) is 135 cm³/mol. The molecule has 2 aromatic heterocycles. The van der Waals surface area contributed by atoms with Crippen LogP contribution in [0.25, 0.3) is 10.9 Å². The predicted octanol–water partition coefficient (Wildman–Crippen LogP) is 4.34. The number of likely N-dealkylation sites (tertiary alicyclic amines) is 1. The van der Waals surface area contributed by atoms with Crippen molar-refractivity contribution in [2.45, 2.75) is 57.5 Å². The number of thiophene rings is 1. The van der Waals surface area contributed by atoms with Gasteiger partial charge in [-0.25, -0.2) is 0 Å². The van der Waals surface area contributed by atoms with Gasteiger partial charge in [0.25, 0.3) is 5.91 Å². The summed E-state index contributed by atoms with van der Waals surface area (Å²) < 4.78 is 0. The monoisotopic (exact) mass is 466 g/mol. The van der Waals surface area contributed by atoms with Crippen LogP contribution < -0.4 is 10.6 Å². The van der Waals surface area contributed by atoms with E-state index in [0.29, 0.717) is 23.9 Å². The molecule has 176 valence electrons. The van der Waals surface area contributed by atoms with Crippen molar-refractivity contribution in [3.63, 3.8) is 0 Å². The van der Waals surface area contributed by atoms with Crippen molar-refractivity contribution in [2.75, 3.05) is 19.6 Å². The summed E-state index contributed by atoms with van der Waals surface area (Å²) in [7, 11) is 0. The average molecular weight is 467 g/mol. The fraction of sp³-hybridized carbons (Fsp3) is 0.462. The van der Waals surface area contributed by atoms with Crippen LogP contribution in [0.1, 0.15) is 54.3 Å². The van der Waals surface area contributed by atoms with Crippen molar-refractivity contribution in [3.05, 3.63) is 58.4 Å². The number of rotatable bonds is 10. The minimum absolute atomic E-state index is 0.128. The number of amides is 2. The van der Waals surface area contributed by atoms with E-state index in [1.54, 1.807) is 6.07 Å². The molecule has 0 bridgehead atoms. The Kier molecular flexibility index (Phi) is 8.18. The van der Waals surface area contributed by atoms with E-state index >= 15 is 0 Å². The number of aromatic nitrogens is 1. The maximum Gasteiger partial charge on any atom is 0.262 e. The molecule has 1 aromatic carbocycles. The fourth-order valence-corrected chi connectivity index (χ4v) is 5.26. The number of unbranched alkanes of at least 4 members (excludes halogenated alkanes) is 1. The number of piperidine rings is 1. The Hall–Kier alpha value is -2.64. The Morgan fingerprint density at radius 1 is 1.18 bits per heavy atom. The van der Waals surface area contributed by atoms with Gasteiger partial charge in [-0.15, -0.1) is 11.3 Å². The van der Waals surface area contributed by atoms with Gasteiger partial charge in [-0.05, 0) is 68.8 Å². The van der Waals surface area contributed by atoms with E-state index in [9.17, 15) is 9.59 Å². The molecule has 1 aliphatic rings. The highest BCUT2D eigenvalue weighted by Gasteiger charge is 2.23. The highest BCUT2D eigenvalue weighted by atomic mass is 32.1. The van der Waals surface area contributed by atoms with E-state index in [-0.39, 0.29) is 11.8 Å². The minimum Gasteiger partial charge on any atom is -0.361 e. The number of nitrogens with zero attached hydrogens (tertiary/aromatic N) is 1. The number of H-pyrrole nitrogens is 1. The number of carbonyl (C=O) groups is 2. The molecular formula is C26H34N4O2S.